The molecule has 0 bridgehead atoms. The summed E-state index contributed by atoms with van der Waals surface area (Å²) in [7, 11) is 1.83. The number of fused-ring (bicyclic) bond motifs is 2. The van der Waals surface area contributed by atoms with Gasteiger partial charge in [-0.15, -0.1) is 12.4 Å². The Bertz CT molecular complexity index is 801. The summed E-state index contributed by atoms with van der Waals surface area (Å²) in [5.74, 6) is 0.735. The van der Waals surface area contributed by atoms with Gasteiger partial charge in [0.15, 0.2) is 0 Å². The van der Waals surface area contributed by atoms with Crippen molar-refractivity contribution in [3.8, 4) is 0 Å². The van der Waals surface area contributed by atoms with E-state index in [1.165, 1.54) is 0 Å². The monoisotopic (exact) mass is 402 g/mol. The molecule has 0 unspecified atom stereocenters. The van der Waals surface area contributed by atoms with Crippen LogP contribution in [0.5, 0.6) is 0 Å². The highest BCUT2D eigenvalue weighted by molar-refractivity contribution is 6.12. The maximum absolute atomic E-state index is 13.0. The number of halogens is 1. The second-order valence-electron chi connectivity index (χ2n) is 7.66. The Labute approximate surface area is 174 Å². The smallest absolute Gasteiger partial charge is 0.261 e. The summed E-state index contributed by atoms with van der Waals surface area (Å²) in [5.41, 5.74) is 2.61. The summed E-state index contributed by atoms with van der Waals surface area (Å²) >= 11 is 0. The topological polar surface area (TPSA) is 39.7 Å². The number of carbonyl (C=O) groups excluding carboxylic acids is 1. The van der Waals surface area contributed by atoms with Crippen LogP contribution in [0.1, 0.15) is 44.5 Å². The second kappa shape index (κ2) is 9.39. The summed E-state index contributed by atoms with van der Waals surface area (Å²) in [6.45, 7) is 10.8. The lowest BCUT2D eigenvalue weighted by Gasteiger charge is -2.32. The number of hydrogen-bond donors (Lipinski definition) is 0. The van der Waals surface area contributed by atoms with Crippen molar-refractivity contribution in [3.05, 3.63) is 48.2 Å². The first-order valence-electron chi connectivity index (χ1n) is 9.77. The Balaban J connectivity index is 0.00000280. The number of nitrogens with zero attached hydrogens (tertiary/aromatic N) is 4. The van der Waals surface area contributed by atoms with E-state index in [9.17, 15) is 4.79 Å². The average molecular weight is 403 g/mol. The fourth-order valence-electron chi connectivity index (χ4n) is 3.91. The van der Waals surface area contributed by atoms with Crippen LogP contribution in [0.25, 0.3) is 0 Å². The van der Waals surface area contributed by atoms with Gasteiger partial charge in [-0.2, -0.15) is 0 Å². The van der Waals surface area contributed by atoms with E-state index >= 15 is 0 Å². The number of rotatable bonds is 6. The highest BCUT2D eigenvalue weighted by Gasteiger charge is 2.29. The van der Waals surface area contributed by atoms with Gasteiger partial charge in [-0.05, 0) is 58.4 Å². The van der Waals surface area contributed by atoms with Crippen molar-refractivity contribution in [1.29, 1.82) is 0 Å². The fourth-order valence-corrected chi connectivity index (χ4v) is 3.91. The van der Waals surface area contributed by atoms with Crippen LogP contribution in [0.2, 0.25) is 0 Å². The Morgan fingerprint density at radius 3 is 2.29 bits per heavy atom. The molecule has 28 heavy (non-hydrogen) atoms. The van der Waals surface area contributed by atoms with E-state index in [2.05, 4.69) is 48.5 Å². The van der Waals surface area contributed by atoms with Gasteiger partial charge in [0.05, 0.1) is 16.9 Å². The zero-order valence-electron chi connectivity index (χ0n) is 17.4. The second-order valence-corrected chi connectivity index (χ2v) is 7.66. The van der Waals surface area contributed by atoms with Crippen molar-refractivity contribution < 1.29 is 4.79 Å². The quantitative estimate of drug-likeness (QED) is 0.699. The molecule has 1 aliphatic rings. The Kier molecular flexibility index (Phi) is 7.44. The molecule has 0 radical (unpaired) electrons. The van der Waals surface area contributed by atoms with Gasteiger partial charge in [-0.3, -0.25) is 9.69 Å². The van der Waals surface area contributed by atoms with Gasteiger partial charge in [-0.1, -0.05) is 12.1 Å². The number of amides is 1. The summed E-state index contributed by atoms with van der Waals surface area (Å²) in [5, 5.41) is 0. The number of aromatic nitrogens is 1. The molecule has 0 saturated carbocycles. The minimum absolute atomic E-state index is 0. The van der Waals surface area contributed by atoms with Gasteiger partial charge in [0.1, 0.15) is 5.82 Å². The number of hydrogen-bond acceptors (Lipinski definition) is 4. The molecule has 3 rings (SSSR count). The first kappa shape index (κ1) is 22.2. The summed E-state index contributed by atoms with van der Waals surface area (Å²) in [6, 6.07) is 12.8. The lowest BCUT2D eigenvalue weighted by atomic mass is 10.2. The molecule has 5 nitrogen and oxygen atoms in total. The van der Waals surface area contributed by atoms with E-state index in [-0.39, 0.29) is 18.3 Å². The molecule has 1 amide bonds. The normalized spacial score (nSPS) is 13.5. The van der Waals surface area contributed by atoms with Crippen molar-refractivity contribution in [2.45, 2.75) is 46.2 Å². The summed E-state index contributed by atoms with van der Waals surface area (Å²) < 4.78 is 0. The number of para-hydroxylation sites is 2. The zero-order chi connectivity index (χ0) is 19.6. The van der Waals surface area contributed by atoms with E-state index in [0.29, 0.717) is 17.6 Å². The fraction of sp³-hybridized carbons (Fsp3) is 0.455. The van der Waals surface area contributed by atoms with Gasteiger partial charge >= 0.3 is 0 Å². The number of carbonyl (C=O) groups is 1. The Hall–Kier alpha value is -2.11. The minimum atomic E-state index is -0.0148. The first-order valence-corrected chi connectivity index (χ1v) is 9.77. The maximum atomic E-state index is 13.0. The molecule has 2 heterocycles. The molecule has 2 aromatic rings. The molecule has 1 aromatic carbocycles. The first-order chi connectivity index (χ1) is 12.9. The lowest BCUT2D eigenvalue weighted by Crippen LogP contribution is -2.38. The van der Waals surface area contributed by atoms with Gasteiger partial charge in [0, 0.05) is 38.4 Å². The Morgan fingerprint density at radius 2 is 1.64 bits per heavy atom. The highest BCUT2D eigenvalue weighted by Crippen LogP contribution is 2.38. The number of benzene rings is 1. The van der Waals surface area contributed by atoms with Crippen molar-refractivity contribution in [2.75, 3.05) is 29.9 Å². The molecule has 0 N–H and O–H groups in total. The molecule has 1 aromatic heterocycles. The predicted octanol–water partition coefficient (Wildman–Crippen LogP) is 4.74. The molecule has 0 saturated heterocycles. The molecule has 0 aliphatic carbocycles. The molecule has 152 valence electrons. The van der Waals surface area contributed by atoms with Crippen molar-refractivity contribution in [1.82, 2.24) is 9.88 Å². The van der Waals surface area contributed by atoms with Gasteiger partial charge in [-0.25, -0.2) is 4.98 Å². The average Bonchev–Trinajstić information content (AvgIpc) is 2.74. The van der Waals surface area contributed by atoms with Crippen molar-refractivity contribution >= 4 is 35.5 Å². The number of anilines is 3. The molecular weight excluding hydrogens is 372 g/mol. The van der Waals surface area contributed by atoms with Crippen molar-refractivity contribution in [3.63, 3.8) is 0 Å². The molecule has 0 atom stereocenters. The van der Waals surface area contributed by atoms with Gasteiger partial charge in [0.25, 0.3) is 5.91 Å². The lowest BCUT2D eigenvalue weighted by molar-refractivity contribution is 0.0994. The van der Waals surface area contributed by atoms with Crippen LogP contribution in [-0.4, -0.2) is 48.0 Å². The van der Waals surface area contributed by atoms with E-state index in [1.807, 2.05) is 37.4 Å². The van der Waals surface area contributed by atoms with Crippen LogP contribution in [0.3, 0.4) is 0 Å². The standard InChI is InChI=1S/C22H30N4O.ClH/c1-16(2)25(17(3)4)14-9-15-26-20-12-7-6-11-19(20)24(5)22(27)18-10-8-13-23-21(18)26;/h6-8,10-13,16-17H,9,14-15H2,1-5H3;1H. The van der Waals surface area contributed by atoms with E-state index in [1.54, 1.807) is 11.1 Å². The Morgan fingerprint density at radius 1 is 1.00 bits per heavy atom. The van der Waals surface area contributed by atoms with Crippen LogP contribution in [-0.2, 0) is 0 Å². The molecular formula is C22H31ClN4O. The van der Waals surface area contributed by atoms with Crippen molar-refractivity contribution in [2.24, 2.45) is 0 Å². The molecule has 1 aliphatic heterocycles. The van der Waals surface area contributed by atoms with E-state index in [0.717, 1.165) is 36.7 Å². The largest absolute Gasteiger partial charge is 0.324 e. The van der Waals surface area contributed by atoms with Gasteiger partial charge in [0.2, 0.25) is 0 Å². The summed E-state index contributed by atoms with van der Waals surface area (Å²) in [4.78, 5) is 24.0. The van der Waals surface area contributed by atoms with E-state index in [4.69, 9.17) is 0 Å². The molecule has 0 fully saturated rings. The highest BCUT2D eigenvalue weighted by atomic mass is 35.5. The SMILES string of the molecule is CC(C)N(CCCN1c2ccccc2N(C)C(=O)c2cccnc21)C(C)C.Cl. The van der Waals surface area contributed by atoms with Crippen LogP contribution in [0, 0.1) is 0 Å². The maximum Gasteiger partial charge on any atom is 0.261 e. The molecule has 0 spiro atoms. The third-order valence-electron chi connectivity index (χ3n) is 5.24. The minimum Gasteiger partial charge on any atom is -0.324 e. The molecule has 6 heteroatoms. The van der Waals surface area contributed by atoms with Crippen LogP contribution >= 0.6 is 12.4 Å². The third kappa shape index (κ3) is 4.31. The third-order valence-corrected chi connectivity index (χ3v) is 5.24. The van der Waals surface area contributed by atoms with Gasteiger partial charge < -0.3 is 9.80 Å². The zero-order valence-corrected chi connectivity index (χ0v) is 18.2. The van der Waals surface area contributed by atoms with Crippen LogP contribution < -0.4 is 9.80 Å². The van der Waals surface area contributed by atoms with Crippen LogP contribution in [0.4, 0.5) is 17.2 Å². The summed E-state index contributed by atoms with van der Waals surface area (Å²) in [6.07, 6.45) is 2.76. The van der Waals surface area contributed by atoms with E-state index < -0.39 is 0 Å². The number of pyridine rings is 1. The predicted molar refractivity (Wildman–Crippen MR) is 119 cm³/mol. The van der Waals surface area contributed by atoms with Crippen LogP contribution in [0.15, 0.2) is 42.6 Å².